The summed E-state index contributed by atoms with van der Waals surface area (Å²) < 4.78 is 0. The van der Waals surface area contributed by atoms with Crippen LogP contribution >= 0.6 is 0 Å². The maximum Gasteiger partial charge on any atom is 0.246 e. The quantitative estimate of drug-likeness (QED) is 0.561. The van der Waals surface area contributed by atoms with Crippen molar-refractivity contribution in [2.75, 3.05) is 6.54 Å². The van der Waals surface area contributed by atoms with E-state index in [-0.39, 0.29) is 23.7 Å². The average Bonchev–Trinajstić information content (AvgIpc) is 2.66. The third-order valence-corrected chi connectivity index (χ3v) is 6.86. The molecule has 4 bridgehead atoms. The van der Waals surface area contributed by atoms with Gasteiger partial charge in [0.1, 0.15) is 0 Å². The first-order chi connectivity index (χ1) is 13.5. The van der Waals surface area contributed by atoms with Gasteiger partial charge in [-0.15, -0.1) is 0 Å². The number of nitrogens with one attached hydrogen (secondary N) is 2. The largest absolute Gasteiger partial charge is 0.355 e. The minimum absolute atomic E-state index is 0.0544. The van der Waals surface area contributed by atoms with Crippen LogP contribution in [0.25, 0.3) is 0 Å². The Morgan fingerprint density at radius 2 is 1.64 bits per heavy atom. The highest BCUT2D eigenvalue weighted by Crippen LogP contribution is 2.60. The first-order valence-corrected chi connectivity index (χ1v) is 10.7. The van der Waals surface area contributed by atoms with Gasteiger partial charge in [0, 0.05) is 12.3 Å². The maximum atomic E-state index is 12.9. The lowest BCUT2D eigenvalue weighted by atomic mass is 9.49. The van der Waals surface area contributed by atoms with Gasteiger partial charge in [-0.1, -0.05) is 30.3 Å². The molecule has 1 aromatic rings. The molecule has 5 rings (SSSR count). The molecular formula is C23H31N3O2. The number of benzene rings is 1. The molecule has 2 N–H and O–H groups in total. The Balaban J connectivity index is 1.23. The fourth-order valence-electron chi connectivity index (χ4n) is 5.98. The van der Waals surface area contributed by atoms with Gasteiger partial charge in [-0.25, -0.2) is 5.43 Å². The van der Waals surface area contributed by atoms with Gasteiger partial charge in [0.2, 0.25) is 11.8 Å². The summed E-state index contributed by atoms with van der Waals surface area (Å²) in [5.41, 5.74) is 4.45. The molecule has 0 spiro atoms. The molecule has 0 aromatic heterocycles. The van der Waals surface area contributed by atoms with E-state index < -0.39 is 0 Å². The van der Waals surface area contributed by atoms with Crippen LogP contribution in [0.3, 0.4) is 0 Å². The topological polar surface area (TPSA) is 70.6 Å². The fraction of sp³-hybridized carbons (Fsp3) is 0.609. The predicted molar refractivity (Wildman–Crippen MR) is 110 cm³/mol. The van der Waals surface area contributed by atoms with Gasteiger partial charge in [0.25, 0.3) is 0 Å². The first kappa shape index (κ1) is 19.2. The van der Waals surface area contributed by atoms with E-state index in [2.05, 4.69) is 28.0 Å². The number of hydrogen-bond donors (Lipinski definition) is 2. The molecule has 1 aromatic carbocycles. The SMILES string of the molecule is CC(CC(=O)NCCc1ccccc1)=NNC(=O)C12CC3CC(CC(C3)C1)C2. The summed E-state index contributed by atoms with van der Waals surface area (Å²) in [6.07, 6.45) is 8.06. The van der Waals surface area contributed by atoms with Gasteiger partial charge in [-0.2, -0.15) is 5.10 Å². The molecule has 0 saturated heterocycles. The van der Waals surface area contributed by atoms with Crippen LogP contribution in [-0.2, 0) is 16.0 Å². The number of amides is 2. The normalized spacial score (nSPS) is 30.9. The zero-order chi connectivity index (χ0) is 19.6. The summed E-state index contributed by atoms with van der Waals surface area (Å²) in [7, 11) is 0. The lowest BCUT2D eigenvalue weighted by Gasteiger charge is -2.55. The second-order valence-corrected chi connectivity index (χ2v) is 9.25. The number of nitrogens with zero attached hydrogens (tertiary/aromatic N) is 1. The molecular weight excluding hydrogens is 350 g/mol. The first-order valence-electron chi connectivity index (χ1n) is 10.7. The van der Waals surface area contributed by atoms with Crippen molar-refractivity contribution in [1.82, 2.24) is 10.7 Å². The minimum Gasteiger partial charge on any atom is -0.355 e. The molecule has 0 aliphatic heterocycles. The Bertz CT molecular complexity index is 721. The number of carbonyl (C=O) groups excluding carboxylic acids is 2. The van der Waals surface area contributed by atoms with Crippen LogP contribution in [0.2, 0.25) is 0 Å². The molecule has 0 heterocycles. The van der Waals surface area contributed by atoms with Gasteiger partial charge in [-0.05, 0) is 75.2 Å². The number of rotatable bonds is 7. The van der Waals surface area contributed by atoms with E-state index in [1.165, 1.54) is 24.8 Å². The van der Waals surface area contributed by atoms with Crippen molar-refractivity contribution in [2.45, 2.75) is 58.3 Å². The Morgan fingerprint density at radius 3 is 2.25 bits per heavy atom. The molecule has 4 aliphatic carbocycles. The average molecular weight is 382 g/mol. The Kier molecular flexibility index (Phi) is 5.51. The van der Waals surface area contributed by atoms with Crippen LogP contribution in [0.15, 0.2) is 35.4 Å². The van der Waals surface area contributed by atoms with Crippen molar-refractivity contribution in [1.29, 1.82) is 0 Å². The van der Waals surface area contributed by atoms with Crippen LogP contribution in [-0.4, -0.2) is 24.1 Å². The lowest BCUT2D eigenvalue weighted by molar-refractivity contribution is -0.146. The van der Waals surface area contributed by atoms with Crippen molar-refractivity contribution in [2.24, 2.45) is 28.3 Å². The van der Waals surface area contributed by atoms with Gasteiger partial charge >= 0.3 is 0 Å². The van der Waals surface area contributed by atoms with Crippen molar-refractivity contribution in [3.63, 3.8) is 0 Å². The monoisotopic (exact) mass is 381 g/mol. The molecule has 2 amide bonds. The van der Waals surface area contributed by atoms with E-state index in [1.54, 1.807) is 6.92 Å². The number of hydrogen-bond acceptors (Lipinski definition) is 3. The molecule has 5 heteroatoms. The maximum absolute atomic E-state index is 12.9. The molecule has 0 radical (unpaired) electrons. The van der Waals surface area contributed by atoms with E-state index in [4.69, 9.17) is 0 Å². The molecule has 4 saturated carbocycles. The van der Waals surface area contributed by atoms with Crippen molar-refractivity contribution in [3.05, 3.63) is 35.9 Å². The molecule has 0 unspecified atom stereocenters. The summed E-state index contributed by atoms with van der Waals surface area (Å²) >= 11 is 0. The van der Waals surface area contributed by atoms with Crippen molar-refractivity contribution >= 4 is 17.5 Å². The Labute approximate surface area is 167 Å². The highest BCUT2D eigenvalue weighted by Gasteiger charge is 2.54. The second-order valence-electron chi connectivity index (χ2n) is 9.25. The summed E-state index contributed by atoms with van der Waals surface area (Å²) in [4.78, 5) is 25.0. The van der Waals surface area contributed by atoms with Crippen molar-refractivity contribution < 1.29 is 9.59 Å². The van der Waals surface area contributed by atoms with E-state index in [9.17, 15) is 9.59 Å². The Morgan fingerprint density at radius 1 is 1.04 bits per heavy atom. The predicted octanol–water partition coefficient (Wildman–Crippen LogP) is 3.44. The summed E-state index contributed by atoms with van der Waals surface area (Å²) in [5, 5.41) is 7.17. The number of hydrazone groups is 1. The molecule has 150 valence electrons. The van der Waals surface area contributed by atoms with Crippen LogP contribution in [0.1, 0.15) is 57.4 Å². The van der Waals surface area contributed by atoms with Crippen LogP contribution in [0.5, 0.6) is 0 Å². The minimum atomic E-state index is -0.198. The second kappa shape index (κ2) is 8.06. The summed E-state index contributed by atoms with van der Waals surface area (Å²) in [6.45, 7) is 2.41. The van der Waals surface area contributed by atoms with Crippen molar-refractivity contribution in [3.8, 4) is 0 Å². The Hall–Kier alpha value is -2.17. The van der Waals surface area contributed by atoms with Gasteiger partial charge in [0.15, 0.2) is 0 Å². The smallest absolute Gasteiger partial charge is 0.246 e. The zero-order valence-corrected chi connectivity index (χ0v) is 16.7. The molecule has 5 nitrogen and oxygen atoms in total. The summed E-state index contributed by atoms with van der Waals surface area (Å²) in [6, 6.07) is 10.1. The third-order valence-electron chi connectivity index (χ3n) is 6.86. The van der Waals surface area contributed by atoms with E-state index in [1.807, 2.05) is 18.2 Å². The lowest BCUT2D eigenvalue weighted by Crippen LogP contribution is -2.52. The third kappa shape index (κ3) is 4.29. The molecule has 4 fully saturated rings. The fourth-order valence-corrected chi connectivity index (χ4v) is 5.98. The number of carbonyl (C=O) groups is 2. The molecule has 0 atom stereocenters. The van der Waals surface area contributed by atoms with E-state index in [0.29, 0.717) is 12.3 Å². The van der Waals surface area contributed by atoms with Crippen LogP contribution < -0.4 is 10.7 Å². The summed E-state index contributed by atoms with van der Waals surface area (Å²) in [5.74, 6) is 2.23. The van der Waals surface area contributed by atoms with E-state index >= 15 is 0 Å². The van der Waals surface area contributed by atoms with Crippen LogP contribution in [0.4, 0.5) is 0 Å². The highest BCUT2D eigenvalue weighted by molar-refractivity contribution is 6.00. The van der Waals surface area contributed by atoms with E-state index in [0.717, 1.165) is 43.4 Å². The molecule has 4 aliphatic rings. The van der Waals surface area contributed by atoms with Gasteiger partial charge in [-0.3, -0.25) is 9.59 Å². The zero-order valence-electron chi connectivity index (χ0n) is 16.7. The highest BCUT2D eigenvalue weighted by atomic mass is 16.2. The van der Waals surface area contributed by atoms with Crippen LogP contribution in [0, 0.1) is 23.2 Å². The molecule has 28 heavy (non-hydrogen) atoms. The van der Waals surface area contributed by atoms with Gasteiger partial charge in [0.05, 0.1) is 11.8 Å². The van der Waals surface area contributed by atoms with Gasteiger partial charge < -0.3 is 5.32 Å². The standard InChI is InChI=1S/C23H31N3O2/c1-16(9-21(27)24-8-7-17-5-3-2-4-6-17)25-26-22(28)23-13-18-10-19(14-23)12-20(11-18)15-23/h2-6,18-20H,7-15H2,1H3,(H,24,27)(H,26,28).